The van der Waals surface area contributed by atoms with Gasteiger partial charge in [0.25, 0.3) is 0 Å². The van der Waals surface area contributed by atoms with E-state index < -0.39 is 17.4 Å². The van der Waals surface area contributed by atoms with E-state index in [1.54, 1.807) is 12.1 Å². The molecule has 2 N–H and O–H groups in total. The topological polar surface area (TPSA) is 74.6 Å². The van der Waals surface area contributed by atoms with Gasteiger partial charge in [-0.05, 0) is 47.5 Å². The van der Waals surface area contributed by atoms with Crippen molar-refractivity contribution < 1.29 is 19.8 Å². The highest BCUT2D eigenvalue weighted by Crippen LogP contribution is 2.37. The largest absolute Gasteiger partial charge is 0.478 e. The van der Waals surface area contributed by atoms with Crippen LogP contribution in [0.15, 0.2) is 97.1 Å². The van der Waals surface area contributed by atoms with Crippen molar-refractivity contribution in [3.05, 3.63) is 142 Å². The average molecular weight is 485 g/mol. The van der Waals surface area contributed by atoms with Crippen molar-refractivity contribution in [3.8, 4) is 23.7 Å². The summed E-state index contributed by atoms with van der Waals surface area (Å²) in [6.07, 6.45) is 0. The van der Waals surface area contributed by atoms with Crippen molar-refractivity contribution in [3.63, 3.8) is 0 Å². The van der Waals surface area contributed by atoms with Gasteiger partial charge in [0.2, 0.25) is 0 Å². The molecule has 0 bridgehead atoms. The Balaban J connectivity index is 1.95. The SMILES string of the molecule is CC(C)(c1cccc(C(=O)O)c1C#Cc1ccccc1)c1cccc(C(=O)O)c1C#Cc1ccccc1. The molecule has 4 heteroatoms. The van der Waals surface area contributed by atoms with E-state index >= 15 is 0 Å². The van der Waals surface area contributed by atoms with Crippen LogP contribution in [0.5, 0.6) is 0 Å². The molecule has 4 aromatic rings. The Morgan fingerprint density at radius 3 is 1.27 bits per heavy atom. The van der Waals surface area contributed by atoms with Crippen LogP contribution in [0.3, 0.4) is 0 Å². The first-order chi connectivity index (χ1) is 17.8. The molecule has 4 nitrogen and oxygen atoms in total. The van der Waals surface area contributed by atoms with Gasteiger partial charge in [0.1, 0.15) is 0 Å². The predicted octanol–water partition coefficient (Wildman–Crippen LogP) is 6.21. The fourth-order valence-electron chi connectivity index (χ4n) is 4.23. The van der Waals surface area contributed by atoms with E-state index in [1.807, 2.05) is 86.6 Å². The first kappa shape index (κ1) is 25.0. The number of aromatic carboxylic acids is 2. The van der Waals surface area contributed by atoms with Gasteiger partial charge in [-0.15, -0.1) is 0 Å². The molecule has 0 aliphatic carbocycles. The van der Waals surface area contributed by atoms with E-state index in [9.17, 15) is 19.8 Å². The second-order valence-corrected chi connectivity index (χ2v) is 8.92. The van der Waals surface area contributed by atoms with Gasteiger partial charge in [0, 0.05) is 27.7 Å². The van der Waals surface area contributed by atoms with E-state index in [0.717, 1.165) is 11.1 Å². The van der Waals surface area contributed by atoms with Crippen LogP contribution < -0.4 is 0 Å². The fourth-order valence-corrected chi connectivity index (χ4v) is 4.23. The maximum Gasteiger partial charge on any atom is 0.336 e. The molecular formula is C33H24O4. The van der Waals surface area contributed by atoms with Gasteiger partial charge in [-0.3, -0.25) is 0 Å². The lowest BCUT2D eigenvalue weighted by atomic mass is 9.73. The van der Waals surface area contributed by atoms with Gasteiger partial charge in [-0.1, -0.05) is 98.2 Å². The monoisotopic (exact) mass is 484 g/mol. The number of carboxylic acids is 2. The normalized spacial score (nSPS) is 10.4. The van der Waals surface area contributed by atoms with Crippen LogP contribution in [0, 0.1) is 23.7 Å². The van der Waals surface area contributed by atoms with Gasteiger partial charge in [0.05, 0.1) is 11.1 Å². The third-order valence-corrected chi connectivity index (χ3v) is 6.15. The Hall–Kier alpha value is -5.06. The van der Waals surface area contributed by atoms with Gasteiger partial charge in [0.15, 0.2) is 0 Å². The van der Waals surface area contributed by atoms with E-state index in [1.165, 1.54) is 12.1 Å². The van der Waals surface area contributed by atoms with E-state index in [-0.39, 0.29) is 11.1 Å². The van der Waals surface area contributed by atoms with Crippen molar-refractivity contribution in [2.75, 3.05) is 0 Å². The smallest absolute Gasteiger partial charge is 0.336 e. The highest BCUT2D eigenvalue weighted by atomic mass is 16.4. The molecule has 0 saturated carbocycles. The average Bonchev–Trinajstić information content (AvgIpc) is 2.91. The van der Waals surface area contributed by atoms with Gasteiger partial charge in [-0.2, -0.15) is 0 Å². The van der Waals surface area contributed by atoms with Gasteiger partial charge >= 0.3 is 11.9 Å². The van der Waals surface area contributed by atoms with Gasteiger partial charge < -0.3 is 10.2 Å². The summed E-state index contributed by atoms with van der Waals surface area (Å²) < 4.78 is 0. The summed E-state index contributed by atoms with van der Waals surface area (Å²) in [5.74, 6) is 10.2. The third kappa shape index (κ3) is 5.45. The minimum absolute atomic E-state index is 0.0836. The summed E-state index contributed by atoms with van der Waals surface area (Å²) in [5, 5.41) is 19.9. The summed E-state index contributed by atoms with van der Waals surface area (Å²) in [6, 6.07) is 28.8. The Bertz CT molecular complexity index is 1470. The second-order valence-electron chi connectivity index (χ2n) is 8.92. The van der Waals surface area contributed by atoms with Crippen molar-refractivity contribution in [2.45, 2.75) is 19.3 Å². The van der Waals surface area contributed by atoms with Crippen molar-refractivity contribution in [1.29, 1.82) is 0 Å². The first-order valence-corrected chi connectivity index (χ1v) is 11.7. The highest BCUT2D eigenvalue weighted by molar-refractivity contribution is 5.93. The summed E-state index contributed by atoms with van der Waals surface area (Å²) in [4.78, 5) is 24.3. The summed E-state index contributed by atoms with van der Waals surface area (Å²) in [6.45, 7) is 3.85. The molecule has 0 atom stereocenters. The molecule has 4 rings (SSSR count). The van der Waals surface area contributed by atoms with Crippen molar-refractivity contribution >= 4 is 11.9 Å². The van der Waals surface area contributed by atoms with Crippen LogP contribution in [-0.4, -0.2) is 22.2 Å². The number of carbonyl (C=O) groups is 2. The van der Waals surface area contributed by atoms with Crippen LogP contribution in [0.25, 0.3) is 0 Å². The standard InChI is InChI=1S/C33H24O4/c1-33(2,29-17-9-15-27(31(34)35)25(29)21-19-23-11-5-3-6-12-23)30-18-10-16-28(32(36)37)26(30)22-20-24-13-7-4-8-14-24/h3-18H,1-2H3,(H,34,35)(H,36,37). The Morgan fingerprint density at radius 1 is 0.541 bits per heavy atom. The molecule has 0 aliphatic heterocycles. The zero-order valence-electron chi connectivity index (χ0n) is 20.4. The molecular weight excluding hydrogens is 460 g/mol. The second kappa shape index (κ2) is 10.7. The summed E-state index contributed by atoms with van der Waals surface area (Å²) in [5.41, 5.74) is 2.96. The lowest BCUT2D eigenvalue weighted by Crippen LogP contribution is -2.24. The molecule has 0 radical (unpaired) electrons. The molecule has 0 amide bonds. The molecule has 180 valence electrons. The fraction of sp³-hybridized carbons (Fsp3) is 0.0909. The lowest BCUT2D eigenvalue weighted by molar-refractivity contribution is 0.0685. The third-order valence-electron chi connectivity index (χ3n) is 6.15. The molecule has 4 aromatic carbocycles. The Morgan fingerprint density at radius 2 is 0.919 bits per heavy atom. The van der Waals surface area contributed by atoms with Crippen LogP contribution in [0.2, 0.25) is 0 Å². The zero-order valence-corrected chi connectivity index (χ0v) is 20.4. The van der Waals surface area contributed by atoms with E-state index in [2.05, 4.69) is 23.7 Å². The lowest BCUT2D eigenvalue weighted by Gasteiger charge is -2.29. The predicted molar refractivity (Wildman–Crippen MR) is 144 cm³/mol. The summed E-state index contributed by atoms with van der Waals surface area (Å²) in [7, 11) is 0. The first-order valence-electron chi connectivity index (χ1n) is 11.7. The molecule has 0 saturated heterocycles. The Kier molecular flexibility index (Phi) is 7.23. The van der Waals surface area contributed by atoms with Crippen LogP contribution in [-0.2, 0) is 5.41 Å². The number of benzene rings is 4. The van der Waals surface area contributed by atoms with Crippen LogP contribution >= 0.6 is 0 Å². The molecule has 0 spiro atoms. The van der Waals surface area contributed by atoms with Crippen molar-refractivity contribution in [2.24, 2.45) is 0 Å². The highest BCUT2D eigenvalue weighted by Gasteiger charge is 2.31. The molecule has 0 unspecified atom stereocenters. The van der Waals surface area contributed by atoms with Gasteiger partial charge in [-0.25, -0.2) is 9.59 Å². The number of carboxylic acid groups (broad SMARTS) is 2. The zero-order chi connectivity index (χ0) is 26.4. The molecule has 0 aliphatic rings. The van der Waals surface area contributed by atoms with Crippen molar-refractivity contribution in [1.82, 2.24) is 0 Å². The number of hydrogen-bond donors (Lipinski definition) is 2. The maximum absolute atomic E-state index is 12.2. The molecule has 0 heterocycles. The maximum atomic E-state index is 12.2. The Labute approximate surface area is 216 Å². The minimum Gasteiger partial charge on any atom is -0.478 e. The number of rotatable bonds is 4. The van der Waals surface area contributed by atoms with E-state index in [0.29, 0.717) is 22.3 Å². The molecule has 0 fully saturated rings. The quantitative estimate of drug-likeness (QED) is 0.338. The molecule has 0 aromatic heterocycles. The minimum atomic E-state index is -1.08. The number of hydrogen-bond acceptors (Lipinski definition) is 2. The summed E-state index contributed by atoms with van der Waals surface area (Å²) >= 11 is 0. The van der Waals surface area contributed by atoms with Crippen LogP contribution in [0.4, 0.5) is 0 Å². The molecule has 37 heavy (non-hydrogen) atoms. The van der Waals surface area contributed by atoms with E-state index in [4.69, 9.17) is 0 Å². The van der Waals surface area contributed by atoms with Crippen LogP contribution in [0.1, 0.15) is 67.9 Å².